The van der Waals surface area contributed by atoms with Crippen LogP contribution in [0.15, 0.2) is 24.3 Å². The highest BCUT2D eigenvalue weighted by atomic mass is 35.5. The highest BCUT2D eigenvalue weighted by molar-refractivity contribution is 5.85. The van der Waals surface area contributed by atoms with Crippen molar-refractivity contribution < 1.29 is 18.5 Å². The van der Waals surface area contributed by atoms with Gasteiger partial charge in [0, 0.05) is 37.3 Å². The number of nitrogens with zero attached hydrogens (tertiary/aromatic N) is 1. The smallest absolute Gasteiger partial charge is 0.269 e. The topological polar surface area (TPSA) is 96.3 Å². The van der Waals surface area contributed by atoms with Crippen molar-refractivity contribution in [3.05, 3.63) is 34.4 Å². The van der Waals surface area contributed by atoms with E-state index in [9.17, 15) is 23.7 Å². The van der Waals surface area contributed by atoms with Gasteiger partial charge in [0.15, 0.2) is 0 Å². The van der Waals surface area contributed by atoms with Gasteiger partial charge >= 0.3 is 0 Å². The summed E-state index contributed by atoms with van der Waals surface area (Å²) >= 11 is 0. The van der Waals surface area contributed by atoms with Crippen LogP contribution in [0.4, 0.5) is 20.2 Å². The van der Waals surface area contributed by atoms with Crippen LogP contribution in [0.25, 0.3) is 0 Å². The third-order valence-electron chi connectivity index (χ3n) is 3.26. The van der Waals surface area contributed by atoms with E-state index >= 15 is 0 Å². The third kappa shape index (κ3) is 5.61. The number of amides is 1. The molecule has 0 saturated carbocycles. The lowest BCUT2D eigenvalue weighted by Gasteiger charge is -2.12. The maximum Gasteiger partial charge on any atom is 0.269 e. The molecular formula is C13H17ClF2N4O3. The highest BCUT2D eigenvalue weighted by Gasteiger charge is 2.42. The zero-order valence-electron chi connectivity index (χ0n) is 12.1. The third-order valence-corrected chi connectivity index (χ3v) is 3.26. The van der Waals surface area contributed by atoms with Crippen molar-refractivity contribution in [2.45, 2.75) is 18.4 Å². The second kappa shape index (κ2) is 8.02. The molecule has 0 aromatic heterocycles. The summed E-state index contributed by atoms with van der Waals surface area (Å²) in [7, 11) is 0. The predicted octanol–water partition coefficient (Wildman–Crippen LogP) is 1.54. The van der Waals surface area contributed by atoms with Crippen LogP contribution in [-0.2, 0) is 4.79 Å². The average Bonchev–Trinajstić information content (AvgIpc) is 2.84. The number of nitro groups is 1. The van der Waals surface area contributed by atoms with E-state index in [1.165, 1.54) is 12.1 Å². The molecule has 2 rings (SSSR count). The number of anilines is 1. The Labute approximate surface area is 137 Å². The summed E-state index contributed by atoms with van der Waals surface area (Å²) in [5.74, 6) is -3.29. The first-order valence-electron chi connectivity index (χ1n) is 6.75. The Bertz CT molecular complexity index is 557. The van der Waals surface area contributed by atoms with Crippen molar-refractivity contribution >= 4 is 29.7 Å². The first-order chi connectivity index (χ1) is 10.4. The zero-order chi connectivity index (χ0) is 16.2. The van der Waals surface area contributed by atoms with Gasteiger partial charge in [0.1, 0.15) is 0 Å². The highest BCUT2D eigenvalue weighted by Crippen LogP contribution is 2.24. The molecule has 10 heteroatoms. The molecule has 0 aliphatic carbocycles. The molecule has 1 unspecified atom stereocenters. The van der Waals surface area contributed by atoms with Gasteiger partial charge in [0.05, 0.1) is 17.5 Å². The molecule has 1 heterocycles. The lowest BCUT2D eigenvalue weighted by Crippen LogP contribution is -2.42. The molecule has 1 fully saturated rings. The van der Waals surface area contributed by atoms with Crippen molar-refractivity contribution in [3.63, 3.8) is 0 Å². The number of nitrogens with one attached hydrogen (secondary N) is 3. The van der Waals surface area contributed by atoms with E-state index < -0.39 is 35.8 Å². The summed E-state index contributed by atoms with van der Waals surface area (Å²) < 4.78 is 25.9. The summed E-state index contributed by atoms with van der Waals surface area (Å²) in [5.41, 5.74) is 0.664. The zero-order valence-corrected chi connectivity index (χ0v) is 12.9. The summed E-state index contributed by atoms with van der Waals surface area (Å²) in [4.78, 5) is 21.7. The lowest BCUT2D eigenvalue weighted by atomic mass is 10.2. The normalized spacial score (nSPS) is 18.8. The van der Waals surface area contributed by atoms with Gasteiger partial charge in [-0.3, -0.25) is 20.2 Å². The number of hydrogen-bond acceptors (Lipinski definition) is 5. The Morgan fingerprint density at radius 1 is 1.35 bits per heavy atom. The van der Waals surface area contributed by atoms with E-state index in [0.29, 0.717) is 12.2 Å². The van der Waals surface area contributed by atoms with Gasteiger partial charge in [0.2, 0.25) is 5.91 Å². The van der Waals surface area contributed by atoms with Gasteiger partial charge < -0.3 is 10.6 Å². The molecule has 1 aromatic carbocycles. The van der Waals surface area contributed by atoms with E-state index in [-0.39, 0.29) is 24.6 Å². The number of halogens is 3. The molecule has 1 aliphatic rings. The van der Waals surface area contributed by atoms with Gasteiger partial charge in [0.25, 0.3) is 11.6 Å². The molecule has 3 N–H and O–H groups in total. The van der Waals surface area contributed by atoms with Crippen LogP contribution >= 0.6 is 12.4 Å². The number of rotatable bonds is 6. The molecule has 1 atom stereocenters. The first-order valence-corrected chi connectivity index (χ1v) is 6.75. The van der Waals surface area contributed by atoms with Gasteiger partial charge in [-0.25, -0.2) is 8.78 Å². The average molecular weight is 351 g/mol. The molecule has 0 bridgehead atoms. The van der Waals surface area contributed by atoms with Crippen molar-refractivity contribution in [2.75, 3.05) is 25.0 Å². The molecule has 1 aromatic rings. The first kappa shape index (κ1) is 19.0. The van der Waals surface area contributed by atoms with Crippen LogP contribution in [-0.4, -0.2) is 42.4 Å². The van der Waals surface area contributed by atoms with E-state index in [0.717, 1.165) is 0 Å². The fourth-order valence-electron chi connectivity index (χ4n) is 2.12. The molecule has 1 aliphatic heterocycles. The molecule has 1 amide bonds. The molecule has 0 spiro atoms. The second-order valence-electron chi connectivity index (χ2n) is 5.02. The van der Waals surface area contributed by atoms with Gasteiger partial charge in [-0.15, -0.1) is 12.4 Å². The Morgan fingerprint density at radius 2 is 2.00 bits per heavy atom. The van der Waals surface area contributed by atoms with E-state index in [4.69, 9.17) is 0 Å². The van der Waals surface area contributed by atoms with Crippen molar-refractivity contribution in [1.82, 2.24) is 10.6 Å². The summed E-state index contributed by atoms with van der Waals surface area (Å²) in [6, 6.07) is 4.98. The van der Waals surface area contributed by atoms with Gasteiger partial charge in [-0.05, 0) is 12.1 Å². The number of hydrogen-bond donors (Lipinski definition) is 3. The predicted molar refractivity (Wildman–Crippen MR) is 83.2 cm³/mol. The largest absolute Gasteiger partial charge is 0.383 e. The Kier molecular flexibility index (Phi) is 6.64. The number of non-ortho nitro benzene ring substituents is 1. The quantitative estimate of drug-likeness (QED) is 0.411. The number of benzene rings is 1. The van der Waals surface area contributed by atoms with Gasteiger partial charge in [-0.1, -0.05) is 0 Å². The fraction of sp³-hybridized carbons (Fsp3) is 0.462. The molecule has 7 nitrogen and oxygen atoms in total. The number of carbonyl (C=O) groups is 1. The van der Waals surface area contributed by atoms with Crippen LogP contribution in [0.1, 0.15) is 6.42 Å². The standard InChI is InChI=1S/C13H16F2N4O3.ClH/c14-13(15)7-11(18-8-13)12(20)17-6-5-16-9-1-3-10(4-2-9)19(21)22;/h1-4,11,16,18H,5-8H2,(H,17,20);1H. The van der Waals surface area contributed by atoms with Crippen molar-refractivity contribution in [1.29, 1.82) is 0 Å². The number of alkyl halides is 2. The Hall–Kier alpha value is -2.00. The minimum absolute atomic E-state index is 0. The van der Waals surface area contributed by atoms with E-state index in [2.05, 4.69) is 16.0 Å². The van der Waals surface area contributed by atoms with E-state index in [1.807, 2.05) is 0 Å². The van der Waals surface area contributed by atoms with Crippen LogP contribution in [0.3, 0.4) is 0 Å². The molecule has 23 heavy (non-hydrogen) atoms. The Balaban J connectivity index is 0.00000264. The number of carbonyl (C=O) groups excluding carboxylic acids is 1. The van der Waals surface area contributed by atoms with E-state index in [1.54, 1.807) is 12.1 Å². The lowest BCUT2D eigenvalue weighted by molar-refractivity contribution is -0.384. The van der Waals surface area contributed by atoms with Crippen molar-refractivity contribution in [2.24, 2.45) is 0 Å². The molecule has 0 radical (unpaired) electrons. The minimum atomic E-state index is -2.83. The Morgan fingerprint density at radius 3 is 2.52 bits per heavy atom. The molecular weight excluding hydrogens is 334 g/mol. The SMILES string of the molecule is Cl.O=C(NCCNc1ccc([N+](=O)[O-])cc1)C1CC(F)(F)CN1. The van der Waals surface area contributed by atoms with Crippen LogP contribution < -0.4 is 16.0 Å². The maximum atomic E-state index is 13.0. The van der Waals surface area contributed by atoms with Gasteiger partial charge in [-0.2, -0.15) is 0 Å². The molecule has 128 valence electrons. The fourth-order valence-corrected chi connectivity index (χ4v) is 2.12. The maximum absolute atomic E-state index is 13.0. The molecule has 1 saturated heterocycles. The van der Waals surface area contributed by atoms with Crippen LogP contribution in [0, 0.1) is 10.1 Å². The van der Waals surface area contributed by atoms with Crippen molar-refractivity contribution in [3.8, 4) is 0 Å². The monoisotopic (exact) mass is 350 g/mol. The summed E-state index contributed by atoms with van der Waals surface area (Å²) in [6.45, 7) is 0.165. The van der Waals surface area contributed by atoms with Crippen LogP contribution in [0.2, 0.25) is 0 Å². The summed E-state index contributed by atoms with van der Waals surface area (Å²) in [5, 5.41) is 18.5. The van der Waals surface area contributed by atoms with Crippen LogP contribution in [0.5, 0.6) is 0 Å². The number of nitro benzene ring substituents is 1. The minimum Gasteiger partial charge on any atom is -0.383 e. The second-order valence-corrected chi connectivity index (χ2v) is 5.02. The summed E-state index contributed by atoms with van der Waals surface area (Å²) in [6.07, 6.45) is -0.491.